The van der Waals surface area contributed by atoms with Crippen LogP contribution < -0.4 is 0 Å². The molecule has 0 spiro atoms. The van der Waals surface area contributed by atoms with Crippen LogP contribution in [0.25, 0.3) is 10.6 Å². The molecule has 0 amide bonds. The second kappa shape index (κ2) is 6.44. The summed E-state index contributed by atoms with van der Waals surface area (Å²) in [5, 5.41) is 10.0. The molecule has 0 fully saturated rings. The number of unbranched alkanes of at least 4 members (excludes halogenated alkanes) is 3. The van der Waals surface area contributed by atoms with E-state index >= 15 is 0 Å². The van der Waals surface area contributed by atoms with Gasteiger partial charge in [0.1, 0.15) is 5.69 Å². The topological polar surface area (TPSA) is 47.8 Å². The maximum absolute atomic E-state index is 11.0. The molecular formula is C13H17N3OS. The van der Waals surface area contributed by atoms with Crippen LogP contribution in [0.5, 0.6) is 0 Å². The number of rotatable bonds is 7. The Kier molecular flexibility index (Phi) is 4.64. The van der Waals surface area contributed by atoms with Crippen LogP contribution in [0, 0.1) is 0 Å². The van der Waals surface area contributed by atoms with E-state index in [1.54, 1.807) is 11.3 Å². The highest BCUT2D eigenvalue weighted by atomic mass is 32.1. The van der Waals surface area contributed by atoms with Gasteiger partial charge in [0.2, 0.25) is 0 Å². The van der Waals surface area contributed by atoms with Crippen molar-refractivity contribution in [1.29, 1.82) is 0 Å². The average Bonchev–Trinajstić information content (AvgIpc) is 3.02. The molecule has 2 heterocycles. The predicted molar refractivity (Wildman–Crippen MR) is 72.9 cm³/mol. The molecule has 2 rings (SSSR count). The lowest BCUT2D eigenvalue weighted by atomic mass is 10.2. The first-order chi connectivity index (χ1) is 8.86. The van der Waals surface area contributed by atoms with Crippen molar-refractivity contribution < 1.29 is 4.79 Å². The van der Waals surface area contributed by atoms with Gasteiger partial charge in [0.05, 0.1) is 4.88 Å². The maximum Gasteiger partial charge on any atom is 0.172 e. The fourth-order valence-electron chi connectivity index (χ4n) is 1.92. The highest BCUT2D eigenvalue weighted by molar-refractivity contribution is 7.13. The molecule has 0 unspecified atom stereocenters. The summed E-state index contributed by atoms with van der Waals surface area (Å²) in [5.41, 5.74) is 1.30. The summed E-state index contributed by atoms with van der Waals surface area (Å²) in [6.07, 6.45) is 5.51. The minimum atomic E-state index is 0.438. The van der Waals surface area contributed by atoms with Gasteiger partial charge < -0.3 is 0 Å². The Morgan fingerprint density at radius 3 is 2.94 bits per heavy atom. The molecule has 0 aliphatic heterocycles. The van der Waals surface area contributed by atoms with Gasteiger partial charge in [0, 0.05) is 6.54 Å². The van der Waals surface area contributed by atoms with Crippen molar-refractivity contribution in [2.45, 2.75) is 39.2 Å². The zero-order valence-electron chi connectivity index (χ0n) is 10.5. The monoisotopic (exact) mass is 263 g/mol. The fourth-order valence-corrected chi connectivity index (χ4v) is 2.70. The van der Waals surface area contributed by atoms with Gasteiger partial charge in [-0.25, -0.2) is 4.68 Å². The summed E-state index contributed by atoms with van der Waals surface area (Å²) in [6.45, 7) is 3.02. The maximum atomic E-state index is 11.0. The zero-order chi connectivity index (χ0) is 12.8. The normalized spacial score (nSPS) is 10.7. The Bertz CT molecular complexity index is 490. The molecule has 2 aromatic rings. The van der Waals surface area contributed by atoms with Crippen molar-refractivity contribution >= 4 is 17.6 Å². The quantitative estimate of drug-likeness (QED) is 0.568. The Balaban J connectivity index is 2.15. The van der Waals surface area contributed by atoms with E-state index in [1.807, 2.05) is 22.2 Å². The second-order valence-corrected chi connectivity index (χ2v) is 5.15. The number of hydrogen-bond donors (Lipinski definition) is 0. The van der Waals surface area contributed by atoms with E-state index in [4.69, 9.17) is 0 Å². The highest BCUT2D eigenvalue weighted by Crippen LogP contribution is 2.26. The third-order valence-electron chi connectivity index (χ3n) is 2.85. The van der Waals surface area contributed by atoms with E-state index in [1.165, 1.54) is 19.3 Å². The number of hydrogen-bond acceptors (Lipinski definition) is 4. The van der Waals surface area contributed by atoms with Crippen LogP contribution in [-0.4, -0.2) is 21.3 Å². The number of carbonyl (C=O) groups is 1. The number of carbonyl (C=O) groups excluding carboxylic acids is 1. The molecule has 0 aliphatic carbocycles. The summed E-state index contributed by atoms with van der Waals surface area (Å²) in [7, 11) is 0. The summed E-state index contributed by atoms with van der Waals surface area (Å²) in [4.78, 5) is 12.1. The van der Waals surface area contributed by atoms with Gasteiger partial charge >= 0.3 is 0 Å². The van der Waals surface area contributed by atoms with Crippen LogP contribution >= 0.6 is 11.3 Å². The standard InChI is InChI=1S/C13H17N3OS/c1-2-3-4-5-8-16-13(11(10-17)14-15-16)12-7-6-9-18-12/h6-7,9-10H,2-5,8H2,1H3. The largest absolute Gasteiger partial charge is 0.296 e. The van der Waals surface area contributed by atoms with Gasteiger partial charge in [-0.15, -0.1) is 16.4 Å². The van der Waals surface area contributed by atoms with Crippen LogP contribution in [-0.2, 0) is 6.54 Å². The van der Waals surface area contributed by atoms with E-state index in [0.29, 0.717) is 5.69 Å². The second-order valence-electron chi connectivity index (χ2n) is 4.20. The van der Waals surface area contributed by atoms with Crippen molar-refractivity contribution in [3.8, 4) is 10.6 Å². The van der Waals surface area contributed by atoms with Gasteiger partial charge in [-0.1, -0.05) is 37.5 Å². The third-order valence-corrected chi connectivity index (χ3v) is 3.73. The molecule has 0 aromatic carbocycles. The Hall–Kier alpha value is -1.49. The van der Waals surface area contributed by atoms with Crippen molar-refractivity contribution in [2.75, 3.05) is 0 Å². The molecule has 0 bridgehead atoms. The lowest BCUT2D eigenvalue weighted by molar-refractivity contribution is 0.111. The van der Waals surface area contributed by atoms with Gasteiger partial charge in [0.25, 0.3) is 0 Å². The number of aromatic nitrogens is 3. The first kappa shape index (κ1) is 13.0. The Morgan fingerprint density at radius 2 is 2.28 bits per heavy atom. The molecule has 0 radical (unpaired) electrons. The van der Waals surface area contributed by atoms with E-state index in [0.717, 1.165) is 29.8 Å². The first-order valence-electron chi connectivity index (χ1n) is 6.29. The van der Waals surface area contributed by atoms with E-state index in [9.17, 15) is 4.79 Å². The van der Waals surface area contributed by atoms with Crippen LogP contribution in [0.3, 0.4) is 0 Å². The smallest absolute Gasteiger partial charge is 0.172 e. The molecule has 0 N–H and O–H groups in total. The van der Waals surface area contributed by atoms with Crippen LogP contribution in [0.4, 0.5) is 0 Å². The van der Waals surface area contributed by atoms with E-state index in [2.05, 4.69) is 17.2 Å². The SMILES string of the molecule is CCCCCCn1nnc(C=O)c1-c1cccs1. The Morgan fingerprint density at radius 1 is 1.39 bits per heavy atom. The van der Waals surface area contributed by atoms with Crippen molar-refractivity contribution in [1.82, 2.24) is 15.0 Å². The first-order valence-corrected chi connectivity index (χ1v) is 7.17. The molecular weight excluding hydrogens is 246 g/mol. The average molecular weight is 263 g/mol. The summed E-state index contributed by atoms with van der Waals surface area (Å²) in [6, 6.07) is 3.97. The molecule has 18 heavy (non-hydrogen) atoms. The van der Waals surface area contributed by atoms with E-state index in [-0.39, 0.29) is 0 Å². The molecule has 2 aromatic heterocycles. The number of nitrogens with zero attached hydrogens (tertiary/aromatic N) is 3. The molecule has 5 heteroatoms. The van der Waals surface area contributed by atoms with Crippen molar-refractivity contribution in [2.24, 2.45) is 0 Å². The number of aryl methyl sites for hydroxylation is 1. The molecule has 4 nitrogen and oxygen atoms in total. The Labute approximate surface area is 111 Å². The van der Waals surface area contributed by atoms with Crippen LogP contribution in [0.1, 0.15) is 43.1 Å². The minimum absolute atomic E-state index is 0.438. The minimum Gasteiger partial charge on any atom is -0.296 e. The van der Waals surface area contributed by atoms with Gasteiger partial charge in [-0.2, -0.15) is 0 Å². The highest BCUT2D eigenvalue weighted by Gasteiger charge is 2.14. The van der Waals surface area contributed by atoms with Crippen molar-refractivity contribution in [3.63, 3.8) is 0 Å². The lowest BCUT2D eigenvalue weighted by Gasteiger charge is -2.04. The predicted octanol–water partition coefficient (Wildman–Crippen LogP) is 3.40. The van der Waals surface area contributed by atoms with Gasteiger partial charge in [-0.05, 0) is 17.9 Å². The summed E-state index contributed by atoms with van der Waals surface area (Å²) < 4.78 is 1.85. The third kappa shape index (κ3) is 2.85. The molecule has 96 valence electrons. The van der Waals surface area contributed by atoms with Crippen LogP contribution in [0.15, 0.2) is 17.5 Å². The molecule has 0 saturated heterocycles. The van der Waals surface area contributed by atoms with Crippen LogP contribution in [0.2, 0.25) is 0 Å². The lowest BCUT2D eigenvalue weighted by Crippen LogP contribution is -2.02. The fraction of sp³-hybridized carbons (Fsp3) is 0.462. The number of aldehydes is 1. The summed E-state index contributed by atoms with van der Waals surface area (Å²) in [5.74, 6) is 0. The summed E-state index contributed by atoms with van der Waals surface area (Å²) >= 11 is 1.61. The van der Waals surface area contributed by atoms with Gasteiger partial charge in [-0.3, -0.25) is 4.79 Å². The van der Waals surface area contributed by atoms with E-state index < -0.39 is 0 Å². The molecule has 0 saturated carbocycles. The van der Waals surface area contributed by atoms with Gasteiger partial charge in [0.15, 0.2) is 12.0 Å². The zero-order valence-corrected chi connectivity index (χ0v) is 11.3. The molecule has 0 aliphatic rings. The molecule has 0 atom stereocenters. The number of thiophene rings is 1. The van der Waals surface area contributed by atoms with Crippen molar-refractivity contribution in [3.05, 3.63) is 23.2 Å².